The van der Waals surface area contributed by atoms with Crippen LogP contribution in [0.25, 0.3) is 0 Å². The molecule has 1 amide bonds. The zero-order chi connectivity index (χ0) is 15.5. The SMILES string of the molecule is CCN(Cc1ccccc1)C(=O)c1noc2c1CC(C)CC2. The molecule has 1 aliphatic carbocycles. The third-order valence-corrected chi connectivity index (χ3v) is 4.37. The lowest BCUT2D eigenvalue weighted by Crippen LogP contribution is -2.31. The highest BCUT2D eigenvalue weighted by Crippen LogP contribution is 2.28. The Hall–Kier alpha value is -2.10. The molecule has 4 heteroatoms. The van der Waals surface area contributed by atoms with Crippen molar-refractivity contribution in [2.24, 2.45) is 5.92 Å². The number of aryl methyl sites for hydroxylation is 1. The van der Waals surface area contributed by atoms with E-state index in [4.69, 9.17) is 4.52 Å². The van der Waals surface area contributed by atoms with E-state index in [1.807, 2.05) is 42.2 Å². The summed E-state index contributed by atoms with van der Waals surface area (Å²) >= 11 is 0. The van der Waals surface area contributed by atoms with E-state index in [0.29, 0.717) is 24.7 Å². The smallest absolute Gasteiger partial charge is 0.276 e. The van der Waals surface area contributed by atoms with E-state index in [9.17, 15) is 4.79 Å². The van der Waals surface area contributed by atoms with Crippen LogP contribution < -0.4 is 0 Å². The fourth-order valence-corrected chi connectivity index (χ4v) is 3.03. The third-order valence-electron chi connectivity index (χ3n) is 4.37. The highest BCUT2D eigenvalue weighted by molar-refractivity contribution is 5.93. The van der Waals surface area contributed by atoms with E-state index < -0.39 is 0 Å². The maximum absolute atomic E-state index is 12.8. The number of benzene rings is 1. The second kappa shape index (κ2) is 6.34. The summed E-state index contributed by atoms with van der Waals surface area (Å²) in [6.07, 6.45) is 2.89. The summed E-state index contributed by atoms with van der Waals surface area (Å²) in [6, 6.07) is 10.0. The largest absolute Gasteiger partial charge is 0.360 e. The molecular weight excluding hydrogens is 276 g/mol. The standard InChI is InChI=1S/C18H22N2O2/c1-3-20(12-14-7-5-4-6-8-14)18(21)17-15-11-13(2)9-10-16(15)22-19-17/h4-8,13H,3,9-12H2,1-2H3. The van der Waals surface area contributed by atoms with Crippen LogP contribution in [-0.2, 0) is 19.4 Å². The fourth-order valence-electron chi connectivity index (χ4n) is 3.03. The van der Waals surface area contributed by atoms with Gasteiger partial charge in [0, 0.05) is 25.1 Å². The molecule has 0 fully saturated rings. The summed E-state index contributed by atoms with van der Waals surface area (Å²) in [5, 5.41) is 4.08. The number of fused-ring (bicyclic) bond motifs is 1. The van der Waals surface area contributed by atoms with Crippen LogP contribution in [-0.4, -0.2) is 22.5 Å². The summed E-state index contributed by atoms with van der Waals surface area (Å²) in [4.78, 5) is 14.6. The molecule has 0 aliphatic heterocycles. The predicted molar refractivity (Wildman–Crippen MR) is 84.5 cm³/mol. The lowest BCUT2D eigenvalue weighted by molar-refractivity contribution is 0.0741. The maximum Gasteiger partial charge on any atom is 0.276 e. The van der Waals surface area contributed by atoms with Crippen molar-refractivity contribution in [3.63, 3.8) is 0 Å². The second-order valence-electron chi connectivity index (χ2n) is 6.09. The van der Waals surface area contributed by atoms with Gasteiger partial charge < -0.3 is 9.42 Å². The predicted octanol–water partition coefficient (Wildman–Crippen LogP) is 3.46. The van der Waals surface area contributed by atoms with Crippen molar-refractivity contribution in [1.29, 1.82) is 0 Å². The Kier molecular flexibility index (Phi) is 4.27. The molecule has 0 saturated heterocycles. The molecule has 1 unspecified atom stereocenters. The summed E-state index contributed by atoms with van der Waals surface area (Å²) in [6.45, 7) is 5.47. The van der Waals surface area contributed by atoms with Gasteiger partial charge in [-0.15, -0.1) is 0 Å². The van der Waals surface area contributed by atoms with Crippen LogP contribution in [0.3, 0.4) is 0 Å². The molecular formula is C18H22N2O2. The molecule has 1 aromatic heterocycles. The Morgan fingerprint density at radius 3 is 2.86 bits per heavy atom. The van der Waals surface area contributed by atoms with Crippen molar-refractivity contribution in [3.8, 4) is 0 Å². The molecule has 0 bridgehead atoms. The van der Waals surface area contributed by atoms with E-state index >= 15 is 0 Å². The number of amides is 1. The van der Waals surface area contributed by atoms with Gasteiger partial charge in [0.05, 0.1) is 0 Å². The fraction of sp³-hybridized carbons (Fsp3) is 0.444. The van der Waals surface area contributed by atoms with Gasteiger partial charge in [0.25, 0.3) is 5.91 Å². The average molecular weight is 298 g/mol. The van der Waals surface area contributed by atoms with Crippen molar-refractivity contribution in [3.05, 3.63) is 52.9 Å². The van der Waals surface area contributed by atoms with Crippen molar-refractivity contribution in [2.75, 3.05) is 6.54 Å². The Balaban J connectivity index is 1.82. The number of aromatic nitrogens is 1. The van der Waals surface area contributed by atoms with Gasteiger partial charge in [-0.1, -0.05) is 42.4 Å². The third kappa shape index (κ3) is 2.91. The normalized spacial score (nSPS) is 17.1. The minimum atomic E-state index is -0.0227. The first-order valence-electron chi connectivity index (χ1n) is 7.99. The van der Waals surface area contributed by atoms with E-state index in [-0.39, 0.29) is 5.91 Å². The average Bonchev–Trinajstić information content (AvgIpc) is 2.96. The molecule has 1 heterocycles. The van der Waals surface area contributed by atoms with Crippen LogP contribution in [0.5, 0.6) is 0 Å². The first kappa shape index (κ1) is 14.8. The van der Waals surface area contributed by atoms with Crippen molar-refractivity contribution < 1.29 is 9.32 Å². The summed E-state index contributed by atoms with van der Waals surface area (Å²) in [5.74, 6) is 1.46. The van der Waals surface area contributed by atoms with Gasteiger partial charge in [-0.25, -0.2) is 0 Å². The summed E-state index contributed by atoms with van der Waals surface area (Å²) < 4.78 is 5.40. The van der Waals surface area contributed by atoms with Crippen LogP contribution in [0, 0.1) is 5.92 Å². The molecule has 4 nitrogen and oxygen atoms in total. The van der Waals surface area contributed by atoms with Crippen molar-refractivity contribution in [2.45, 2.75) is 39.7 Å². The second-order valence-corrected chi connectivity index (χ2v) is 6.09. The highest BCUT2D eigenvalue weighted by Gasteiger charge is 2.29. The van der Waals surface area contributed by atoms with Gasteiger partial charge in [-0.2, -0.15) is 0 Å². The van der Waals surface area contributed by atoms with Crippen LogP contribution in [0.4, 0.5) is 0 Å². The number of carbonyl (C=O) groups excluding carboxylic acids is 1. The van der Waals surface area contributed by atoms with Crippen LogP contribution in [0.15, 0.2) is 34.9 Å². The molecule has 0 radical (unpaired) electrons. The number of nitrogens with zero attached hydrogens (tertiary/aromatic N) is 2. The number of hydrogen-bond acceptors (Lipinski definition) is 3. The van der Waals surface area contributed by atoms with E-state index in [0.717, 1.165) is 36.1 Å². The highest BCUT2D eigenvalue weighted by atomic mass is 16.5. The molecule has 1 aromatic carbocycles. The van der Waals surface area contributed by atoms with Gasteiger partial charge in [0.15, 0.2) is 5.69 Å². The van der Waals surface area contributed by atoms with Crippen molar-refractivity contribution in [1.82, 2.24) is 10.1 Å². The lowest BCUT2D eigenvalue weighted by atomic mass is 9.88. The number of carbonyl (C=O) groups is 1. The van der Waals surface area contributed by atoms with E-state index in [1.54, 1.807) is 0 Å². The van der Waals surface area contributed by atoms with E-state index in [2.05, 4.69) is 12.1 Å². The van der Waals surface area contributed by atoms with Crippen LogP contribution >= 0.6 is 0 Å². The Bertz CT molecular complexity index is 648. The minimum Gasteiger partial charge on any atom is -0.360 e. The molecule has 0 spiro atoms. The van der Waals surface area contributed by atoms with Crippen LogP contribution in [0.2, 0.25) is 0 Å². The molecule has 0 N–H and O–H groups in total. The quantitative estimate of drug-likeness (QED) is 0.868. The summed E-state index contributed by atoms with van der Waals surface area (Å²) in [5.41, 5.74) is 2.66. The van der Waals surface area contributed by atoms with E-state index in [1.165, 1.54) is 0 Å². The molecule has 22 heavy (non-hydrogen) atoms. The zero-order valence-electron chi connectivity index (χ0n) is 13.2. The van der Waals surface area contributed by atoms with Gasteiger partial charge >= 0.3 is 0 Å². The van der Waals surface area contributed by atoms with Gasteiger partial charge in [0.1, 0.15) is 5.76 Å². The van der Waals surface area contributed by atoms with Crippen molar-refractivity contribution >= 4 is 5.91 Å². The first-order valence-corrected chi connectivity index (χ1v) is 7.99. The van der Waals surface area contributed by atoms with Gasteiger partial charge in [0.2, 0.25) is 0 Å². The first-order chi connectivity index (χ1) is 10.7. The maximum atomic E-state index is 12.8. The topological polar surface area (TPSA) is 46.3 Å². The number of rotatable bonds is 4. The molecule has 3 rings (SSSR count). The molecule has 0 saturated carbocycles. The summed E-state index contributed by atoms with van der Waals surface area (Å²) in [7, 11) is 0. The van der Waals surface area contributed by atoms with Crippen LogP contribution in [0.1, 0.15) is 47.6 Å². The van der Waals surface area contributed by atoms with Gasteiger partial charge in [-0.05, 0) is 31.2 Å². The Labute approximate surface area is 131 Å². The number of hydrogen-bond donors (Lipinski definition) is 0. The Morgan fingerprint density at radius 1 is 1.36 bits per heavy atom. The van der Waals surface area contributed by atoms with Gasteiger partial charge in [-0.3, -0.25) is 4.79 Å². The molecule has 1 atom stereocenters. The zero-order valence-corrected chi connectivity index (χ0v) is 13.2. The Morgan fingerprint density at radius 2 is 2.14 bits per heavy atom. The molecule has 2 aromatic rings. The molecule has 1 aliphatic rings. The molecule has 116 valence electrons. The lowest BCUT2D eigenvalue weighted by Gasteiger charge is -2.21. The monoisotopic (exact) mass is 298 g/mol. The minimum absolute atomic E-state index is 0.0227.